The molecule has 3 aromatic heterocycles. The van der Waals surface area contributed by atoms with Crippen LogP contribution in [0.1, 0.15) is 5.82 Å². The van der Waals surface area contributed by atoms with E-state index in [1.54, 1.807) is 24.5 Å². The number of hydrogen-bond acceptors (Lipinski definition) is 7. The zero-order chi connectivity index (χ0) is 19.6. The predicted molar refractivity (Wildman–Crippen MR) is 90.3 cm³/mol. The molecule has 0 radical (unpaired) electrons. The number of nitrogens with zero attached hydrogens (tertiary/aromatic N) is 4. The Morgan fingerprint density at radius 1 is 1.00 bits per heavy atom. The Morgan fingerprint density at radius 3 is 2.46 bits per heavy atom. The third kappa shape index (κ3) is 4.00. The monoisotopic (exact) mass is 388 g/mol. The van der Waals surface area contributed by atoms with Crippen LogP contribution in [0, 0.1) is 0 Å². The van der Waals surface area contributed by atoms with Crippen molar-refractivity contribution >= 4 is 11.0 Å². The Balaban J connectivity index is 1.57. The zero-order valence-electron chi connectivity index (χ0n) is 14.1. The van der Waals surface area contributed by atoms with Gasteiger partial charge in [0.1, 0.15) is 12.4 Å². The standard InChI is InChI=1S/C18H11F3N4O3/c19-18(20,21)27-12-4-2-11(3-5-12)14-8-13-15(9-24-14)28-25-17(13)26-10-16-22-6-1-7-23-16/h1-9H,10H2. The molecule has 0 saturated carbocycles. The number of pyridine rings is 1. The van der Waals surface area contributed by atoms with Gasteiger partial charge in [-0.1, -0.05) is 0 Å². The quantitative estimate of drug-likeness (QED) is 0.508. The van der Waals surface area contributed by atoms with Crippen LogP contribution in [-0.2, 0) is 6.61 Å². The lowest BCUT2D eigenvalue weighted by Gasteiger charge is -2.09. The lowest BCUT2D eigenvalue weighted by molar-refractivity contribution is -0.274. The molecule has 0 amide bonds. The highest BCUT2D eigenvalue weighted by atomic mass is 19.4. The first-order valence-corrected chi connectivity index (χ1v) is 7.98. The van der Waals surface area contributed by atoms with Gasteiger partial charge in [-0.2, -0.15) is 0 Å². The summed E-state index contributed by atoms with van der Waals surface area (Å²) in [6.07, 6.45) is -0.0823. The van der Waals surface area contributed by atoms with Crippen molar-refractivity contribution in [2.75, 3.05) is 0 Å². The summed E-state index contributed by atoms with van der Waals surface area (Å²) < 4.78 is 51.5. The molecule has 7 nitrogen and oxygen atoms in total. The molecule has 0 spiro atoms. The van der Waals surface area contributed by atoms with Crippen LogP contribution in [0.4, 0.5) is 13.2 Å². The van der Waals surface area contributed by atoms with E-state index in [-0.39, 0.29) is 18.2 Å². The molecule has 3 heterocycles. The van der Waals surface area contributed by atoms with Gasteiger partial charge in [-0.25, -0.2) is 9.97 Å². The van der Waals surface area contributed by atoms with Crippen LogP contribution < -0.4 is 9.47 Å². The molecule has 0 N–H and O–H groups in total. The largest absolute Gasteiger partial charge is 0.573 e. The van der Waals surface area contributed by atoms with E-state index in [9.17, 15) is 13.2 Å². The number of ether oxygens (including phenoxy) is 2. The fraction of sp³-hybridized carbons (Fsp3) is 0.111. The van der Waals surface area contributed by atoms with Gasteiger partial charge in [-0.05, 0) is 41.6 Å². The minimum absolute atomic E-state index is 0.101. The van der Waals surface area contributed by atoms with Gasteiger partial charge in [-0.15, -0.1) is 13.2 Å². The van der Waals surface area contributed by atoms with Crippen LogP contribution in [0.2, 0.25) is 0 Å². The maximum absolute atomic E-state index is 12.3. The van der Waals surface area contributed by atoms with Crippen LogP contribution in [0.5, 0.6) is 11.6 Å². The lowest BCUT2D eigenvalue weighted by atomic mass is 10.1. The molecule has 0 aliphatic rings. The third-order valence-corrected chi connectivity index (χ3v) is 3.67. The van der Waals surface area contributed by atoms with Gasteiger partial charge < -0.3 is 14.0 Å². The highest BCUT2D eigenvalue weighted by molar-refractivity contribution is 5.85. The SMILES string of the molecule is FC(F)(F)Oc1ccc(-c2cc3c(OCc4ncccn4)noc3cn2)cc1. The Morgan fingerprint density at radius 2 is 1.75 bits per heavy atom. The molecule has 1 aromatic carbocycles. The number of rotatable bonds is 5. The minimum atomic E-state index is -4.74. The molecule has 10 heteroatoms. The Labute approximate surface area is 155 Å². The van der Waals surface area contributed by atoms with E-state index in [1.807, 2.05) is 0 Å². The Bertz CT molecular complexity index is 1080. The van der Waals surface area contributed by atoms with Crippen LogP contribution >= 0.6 is 0 Å². The summed E-state index contributed by atoms with van der Waals surface area (Å²) in [5, 5.41) is 4.43. The van der Waals surface area contributed by atoms with Gasteiger partial charge in [-0.3, -0.25) is 4.98 Å². The van der Waals surface area contributed by atoms with Gasteiger partial charge in [0, 0.05) is 18.0 Å². The van der Waals surface area contributed by atoms with E-state index >= 15 is 0 Å². The average molecular weight is 388 g/mol. The molecule has 0 fully saturated rings. The topological polar surface area (TPSA) is 83.2 Å². The van der Waals surface area contributed by atoms with Crippen molar-refractivity contribution < 1.29 is 27.2 Å². The van der Waals surface area contributed by atoms with Crippen molar-refractivity contribution in [3.63, 3.8) is 0 Å². The molecular formula is C18H11F3N4O3. The molecule has 142 valence electrons. The van der Waals surface area contributed by atoms with E-state index in [0.717, 1.165) is 0 Å². The van der Waals surface area contributed by atoms with Crippen LogP contribution in [0.3, 0.4) is 0 Å². The molecular weight excluding hydrogens is 377 g/mol. The summed E-state index contributed by atoms with van der Waals surface area (Å²) in [5.74, 6) is 0.408. The summed E-state index contributed by atoms with van der Waals surface area (Å²) in [7, 11) is 0. The maximum Gasteiger partial charge on any atom is 0.573 e. The number of alkyl halides is 3. The minimum Gasteiger partial charge on any atom is -0.467 e. The number of benzene rings is 1. The third-order valence-electron chi connectivity index (χ3n) is 3.67. The molecule has 0 atom stereocenters. The smallest absolute Gasteiger partial charge is 0.467 e. The van der Waals surface area contributed by atoms with E-state index in [4.69, 9.17) is 9.26 Å². The average Bonchev–Trinajstić information content (AvgIpc) is 3.09. The molecule has 0 aliphatic carbocycles. The number of halogens is 3. The first kappa shape index (κ1) is 17.7. The first-order chi connectivity index (χ1) is 13.5. The van der Waals surface area contributed by atoms with Gasteiger partial charge >= 0.3 is 6.36 Å². The molecule has 0 aliphatic heterocycles. The van der Waals surface area contributed by atoms with Crippen molar-refractivity contribution in [2.24, 2.45) is 0 Å². The highest BCUT2D eigenvalue weighted by Gasteiger charge is 2.31. The van der Waals surface area contributed by atoms with E-state index in [2.05, 4.69) is 24.8 Å². The summed E-state index contributed by atoms with van der Waals surface area (Å²) in [5.41, 5.74) is 1.51. The number of hydrogen-bond donors (Lipinski definition) is 0. The van der Waals surface area contributed by atoms with Gasteiger partial charge in [0.05, 0.1) is 17.3 Å². The van der Waals surface area contributed by atoms with Crippen molar-refractivity contribution in [2.45, 2.75) is 13.0 Å². The van der Waals surface area contributed by atoms with Crippen LogP contribution in [-0.4, -0.2) is 26.5 Å². The summed E-state index contributed by atoms with van der Waals surface area (Å²) in [6.45, 7) is 0.101. The molecule has 0 saturated heterocycles. The van der Waals surface area contributed by atoms with Crippen molar-refractivity contribution in [3.05, 3.63) is 60.8 Å². The predicted octanol–water partition coefficient (Wildman–Crippen LogP) is 4.16. The normalized spacial score (nSPS) is 11.5. The van der Waals surface area contributed by atoms with Gasteiger partial charge in [0.15, 0.2) is 11.4 Å². The number of aromatic nitrogens is 4. The van der Waals surface area contributed by atoms with Gasteiger partial charge in [0.2, 0.25) is 0 Å². The van der Waals surface area contributed by atoms with Gasteiger partial charge in [0.25, 0.3) is 5.88 Å². The fourth-order valence-electron chi connectivity index (χ4n) is 2.45. The Kier molecular flexibility index (Phi) is 4.52. The second kappa shape index (κ2) is 7.14. The van der Waals surface area contributed by atoms with Crippen LogP contribution in [0.25, 0.3) is 22.2 Å². The molecule has 0 bridgehead atoms. The van der Waals surface area contributed by atoms with Crippen LogP contribution in [0.15, 0.2) is 59.5 Å². The van der Waals surface area contributed by atoms with Crippen molar-refractivity contribution in [1.82, 2.24) is 20.1 Å². The summed E-state index contributed by atoms with van der Waals surface area (Å²) in [6, 6.07) is 8.74. The fourth-order valence-corrected chi connectivity index (χ4v) is 2.45. The maximum atomic E-state index is 12.3. The highest BCUT2D eigenvalue weighted by Crippen LogP contribution is 2.30. The zero-order valence-corrected chi connectivity index (χ0v) is 14.1. The second-order valence-corrected chi connectivity index (χ2v) is 5.58. The van der Waals surface area contributed by atoms with E-state index in [1.165, 1.54) is 30.5 Å². The first-order valence-electron chi connectivity index (χ1n) is 7.98. The van der Waals surface area contributed by atoms with E-state index < -0.39 is 6.36 Å². The Hall–Kier alpha value is -3.69. The van der Waals surface area contributed by atoms with Crippen molar-refractivity contribution in [3.8, 4) is 22.9 Å². The summed E-state index contributed by atoms with van der Waals surface area (Å²) >= 11 is 0. The molecule has 4 aromatic rings. The van der Waals surface area contributed by atoms with E-state index in [0.29, 0.717) is 28.1 Å². The molecule has 4 rings (SSSR count). The lowest BCUT2D eigenvalue weighted by Crippen LogP contribution is -2.16. The second-order valence-electron chi connectivity index (χ2n) is 5.58. The summed E-state index contributed by atoms with van der Waals surface area (Å²) in [4.78, 5) is 12.4. The molecule has 0 unspecified atom stereocenters. The van der Waals surface area contributed by atoms with Crippen molar-refractivity contribution in [1.29, 1.82) is 0 Å². The molecule has 28 heavy (non-hydrogen) atoms. The number of fused-ring (bicyclic) bond motifs is 1.